The second-order valence-corrected chi connectivity index (χ2v) is 4.44. The minimum Gasteiger partial charge on any atom is -0.383 e. The Hall–Kier alpha value is -1.02. The molecule has 0 bridgehead atoms. The van der Waals surface area contributed by atoms with Crippen molar-refractivity contribution in [3.63, 3.8) is 0 Å². The maximum absolute atomic E-state index is 5.92. The van der Waals surface area contributed by atoms with Crippen LogP contribution in [-0.4, -0.2) is 4.98 Å². The van der Waals surface area contributed by atoms with Gasteiger partial charge in [-0.15, -0.1) is 6.58 Å². The molecule has 0 saturated carbocycles. The molecule has 2 nitrogen and oxygen atoms in total. The number of pyridine rings is 1. The number of nitrogen functional groups attached to an aromatic ring is 1. The first-order valence-corrected chi connectivity index (χ1v) is 5.45. The molecule has 3 heteroatoms. The molecule has 2 N–H and O–H groups in total. The Morgan fingerprint density at radius 1 is 1.60 bits per heavy atom. The standard InChI is InChI=1S/C12H17ClN2/c1-4-5-10(8(2)3)11-6-9(13)7-15-12(11)14/h4,6-8,10H,1,5H2,2-3H3,(H2,14,15)/t10-/m0/s1. The number of nitrogens with zero attached hydrogens (tertiary/aromatic N) is 1. The van der Waals surface area contributed by atoms with Crippen molar-refractivity contribution in [3.05, 3.63) is 35.5 Å². The molecule has 1 heterocycles. The largest absolute Gasteiger partial charge is 0.383 e. The van der Waals surface area contributed by atoms with E-state index >= 15 is 0 Å². The molecule has 0 aliphatic rings. The molecule has 82 valence electrons. The number of aromatic nitrogens is 1. The summed E-state index contributed by atoms with van der Waals surface area (Å²) in [6.07, 6.45) is 4.38. The average Bonchev–Trinajstić information content (AvgIpc) is 2.18. The van der Waals surface area contributed by atoms with Gasteiger partial charge in [0.25, 0.3) is 0 Å². The van der Waals surface area contributed by atoms with Crippen LogP contribution in [-0.2, 0) is 0 Å². The van der Waals surface area contributed by atoms with Crippen LogP contribution in [0.25, 0.3) is 0 Å². The van der Waals surface area contributed by atoms with Crippen molar-refractivity contribution in [1.29, 1.82) is 0 Å². The summed E-state index contributed by atoms with van der Waals surface area (Å²) in [5, 5.41) is 0.633. The number of hydrogen-bond donors (Lipinski definition) is 1. The van der Waals surface area contributed by atoms with Crippen molar-refractivity contribution in [2.24, 2.45) is 5.92 Å². The number of anilines is 1. The van der Waals surface area contributed by atoms with Crippen LogP contribution in [0.2, 0.25) is 5.02 Å². The van der Waals surface area contributed by atoms with Crippen molar-refractivity contribution in [2.45, 2.75) is 26.2 Å². The minimum atomic E-state index is 0.341. The van der Waals surface area contributed by atoms with E-state index < -0.39 is 0 Å². The fraction of sp³-hybridized carbons (Fsp3) is 0.417. The number of rotatable bonds is 4. The molecule has 1 rings (SSSR count). The summed E-state index contributed by atoms with van der Waals surface area (Å²) in [6, 6.07) is 1.90. The van der Waals surface area contributed by atoms with Gasteiger partial charge < -0.3 is 5.73 Å². The zero-order chi connectivity index (χ0) is 11.4. The van der Waals surface area contributed by atoms with Gasteiger partial charge in [0.2, 0.25) is 0 Å². The normalized spacial score (nSPS) is 12.8. The highest BCUT2D eigenvalue weighted by atomic mass is 35.5. The van der Waals surface area contributed by atoms with Crippen LogP contribution in [0.3, 0.4) is 0 Å². The molecule has 0 fully saturated rings. The summed E-state index contributed by atoms with van der Waals surface area (Å²) in [7, 11) is 0. The van der Waals surface area contributed by atoms with Gasteiger partial charge in [-0.1, -0.05) is 31.5 Å². The van der Waals surface area contributed by atoms with Gasteiger partial charge >= 0.3 is 0 Å². The third kappa shape index (κ3) is 2.96. The lowest BCUT2D eigenvalue weighted by Gasteiger charge is -2.20. The summed E-state index contributed by atoms with van der Waals surface area (Å²) < 4.78 is 0. The molecule has 0 amide bonds. The molecule has 0 aliphatic heterocycles. The lowest BCUT2D eigenvalue weighted by atomic mass is 9.86. The van der Waals surface area contributed by atoms with E-state index in [2.05, 4.69) is 25.4 Å². The Morgan fingerprint density at radius 2 is 2.27 bits per heavy atom. The van der Waals surface area contributed by atoms with Crippen LogP contribution < -0.4 is 5.73 Å². The number of halogens is 1. The molecule has 1 aromatic heterocycles. The Balaban J connectivity index is 3.09. The van der Waals surface area contributed by atoms with Gasteiger partial charge in [0.05, 0.1) is 5.02 Å². The SMILES string of the molecule is C=CC[C@H](c1cc(Cl)cnc1N)C(C)C. The molecule has 0 radical (unpaired) electrons. The van der Waals surface area contributed by atoms with E-state index in [4.69, 9.17) is 17.3 Å². The monoisotopic (exact) mass is 224 g/mol. The zero-order valence-corrected chi connectivity index (χ0v) is 9.96. The first-order chi connectivity index (χ1) is 7.06. The fourth-order valence-corrected chi connectivity index (χ4v) is 1.87. The highest BCUT2D eigenvalue weighted by Gasteiger charge is 2.17. The third-order valence-corrected chi connectivity index (χ3v) is 2.75. The van der Waals surface area contributed by atoms with E-state index in [9.17, 15) is 0 Å². The second kappa shape index (κ2) is 5.17. The fourth-order valence-electron chi connectivity index (χ4n) is 1.70. The summed E-state index contributed by atoms with van der Waals surface area (Å²) in [4.78, 5) is 4.08. The van der Waals surface area contributed by atoms with Gasteiger partial charge in [0.1, 0.15) is 5.82 Å². The first kappa shape index (κ1) is 12.1. The predicted molar refractivity (Wildman–Crippen MR) is 66.1 cm³/mol. The zero-order valence-electron chi connectivity index (χ0n) is 9.20. The summed E-state index contributed by atoms with van der Waals surface area (Å²) in [5.41, 5.74) is 6.88. The van der Waals surface area contributed by atoms with Crippen LogP contribution in [0.15, 0.2) is 24.9 Å². The first-order valence-electron chi connectivity index (χ1n) is 5.08. The van der Waals surface area contributed by atoms with Crippen molar-refractivity contribution >= 4 is 17.4 Å². The molecule has 0 spiro atoms. The van der Waals surface area contributed by atoms with Crippen molar-refractivity contribution in [3.8, 4) is 0 Å². The Kier molecular flexibility index (Phi) is 4.15. The van der Waals surface area contributed by atoms with Gasteiger partial charge in [0.15, 0.2) is 0 Å². The molecule has 1 aromatic rings. The lowest BCUT2D eigenvalue weighted by molar-refractivity contribution is 0.503. The van der Waals surface area contributed by atoms with E-state index in [1.807, 2.05) is 12.1 Å². The maximum Gasteiger partial charge on any atom is 0.126 e. The van der Waals surface area contributed by atoms with Crippen molar-refractivity contribution < 1.29 is 0 Å². The smallest absolute Gasteiger partial charge is 0.126 e. The molecule has 0 aliphatic carbocycles. The highest BCUT2D eigenvalue weighted by molar-refractivity contribution is 6.30. The summed E-state index contributed by atoms with van der Waals surface area (Å²) in [5.74, 6) is 1.40. The van der Waals surface area contributed by atoms with Crippen LogP contribution in [0.4, 0.5) is 5.82 Å². The van der Waals surface area contributed by atoms with Gasteiger partial charge in [-0.05, 0) is 29.9 Å². The highest BCUT2D eigenvalue weighted by Crippen LogP contribution is 2.32. The van der Waals surface area contributed by atoms with Gasteiger partial charge in [-0.3, -0.25) is 0 Å². The van der Waals surface area contributed by atoms with Crippen LogP contribution in [0.5, 0.6) is 0 Å². The Morgan fingerprint density at radius 3 is 2.80 bits per heavy atom. The van der Waals surface area contributed by atoms with Gasteiger partial charge in [-0.2, -0.15) is 0 Å². The van der Waals surface area contributed by atoms with Gasteiger partial charge in [-0.25, -0.2) is 4.98 Å². The molecular weight excluding hydrogens is 208 g/mol. The molecule has 0 unspecified atom stereocenters. The maximum atomic E-state index is 5.92. The lowest BCUT2D eigenvalue weighted by Crippen LogP contribution is -2.09. The number of nitrogens with two attached hydrogens (primary N) is 1. The molecule has 0 saturated heterocycles. The van der Waals surface area contributed by atoms with Crippen LogP contribution >= 0.6 is 11.6 Å². The molecule has 1 atom stereocenters. The minimum absolute atomic E-state index is 0.341. The van der Waals surface area contributed by atoms with E-state index in [0.29, 0.717) is 22.7 Å². The predicted octanol–water partition coefficient (Wildman–Crippen LogP) is 3.63. The number of allylic oxidation sites excluding steroid dienone is 1. The molecular formula is C12H17ClN2. The van der Waals surface area contributed by atoms with Crippen molar-refractivity contribution in [1.82, 2.24) is 4.98 Å². The Labute approximate surface area is 96.2 Å². The third-order valence-electron chi connectivity index (χ3n) is 2.54. The van der Waals surface area contributed by atoms with Crippen molar-refractivity contribution in [2.75, 3.05) is 5.73 Å². The summed E-state index contributed by atoms with van der Waals surface area (Å²) >= 11 is 5.92. The molecule has 15 heavy (non-hydrogen) atoms. The van der Waals surface area contributed by atoms with E-state index in [-0.39, 0.29) is 0 Å². The Bertz CT molecular complexity index is 347. The summed E-state index contributed by atoms with van der Waals surface area (Å²) in [6.45, 7) is 8.09. The number of hydrogen-bond acceptors (Lipinski definition) is 2. The van der Waals surface area contributed by atoms with Crippen LogP contribution in [0, 0.1) is 5.92 Å². The average molecular weight is 225 g/mol. The van der Waals surface area contributed by atoms with E-state index in [0.717, 1.165) is 12.0 Å². The second-order valence-electron chi connectivity index (χ2n) is 4.00. The van der Waals surface area contributed by atoms with Gasteiger partial charge in [0, 0.05) is 6.20 Å². The quantitative estimate of drug-likeness (QED) is 0.794. The van der Waals surface area contributed by atoms with E-state index in [1.54, 1.807) is 6.20 Å². The molecule has 0 aromatic carbocycles. The van der Waals surface area contributed by atoms with Crippen LogP contribution in [0.1, 0.15) is 31.7 Å². The topological polar surface area (TPSA) is 38.9 Å². The van der Waals surface area contributed by atoms with E-state index in [1.165, 1.54) is 0 Å².